The Morgan fingerprint density at radius 1 is 1.50 bits per heavy atom. The van der Waals surface area contributed by atoms with Gasteiger partial charge in [-0.2, -0.15) is 0 Å². The third-order valence-electron chi connectivity index (χ3n) is 3.85. The van der Waals surface area contributed by atoms with E-state index < -0.39 is 0 Å². The van der Waals surface area contributed by atoms with E-state index in [1.807, 2.05) is 13.0 Å². The number of phenolic OH excluding ortho intramolecular Hbond substituents is 1. The van der Waals surface area contributed by atoms with Gasteiger partial charge in [-0.25, -0.2) is 0 Å². The first-order chi connectivity index (χ1) is 9.65. The molecule has 1 N–H and O–H groups in total. The van der Waals surface area contributed by atoms with Crippen LogP contribution in [0.5, 0.6) is 11.5 Å². The van der Waals surface area contributed by atoms with Gasteiger partial charge in [0, 0.05) is 12.8 Å². The number of hydrogen-bond donors (Lipinski definition) is 1. The van der Waals surface area contributed by atoms with Crippen LogP contribution in [0.1, 0.15) is 23.7 Å². The van der Waals surface area contributed by atoms with Crippen molar-refractivity contribution in [2.24, 2.45) is 4.99 Å². The van der Waals surface area contributed by atoms with E-state index in [1.165, 1.54) is 12.7 Å². The number of amides is 1. The standard InChI is InChI=1S/C15H16N2O3/c1-3-9-6-10-7-16-13-11(15(19)17(10)8-9)4-5-12(20-2)14(13)18/h3-5,7,10,18H,6,8H2,1-2H3/b9-3+/t10-/m0/s1. The summed E-state index contributed by atoms with van der Waals surface area (Å²) in [6.07, 6.45) is 4.58. The molecule has 3 rings (SSSR count). The fourth-order valence-electron chi connectivity index (χ4n) is 2.69. The highest BCUT2D eigenvalue weighted by Gasteiger charge is 2.34. The number of allylic oxidation sites excluding steroid dienone is 1. The Morgan fingerprint density at radius 3 is 3.00 bits per heavy atom. The van der Waals surface area contributed by atoms with Gasteiger partial charge in [0.25, 0.3) is 5.91 Å². The van der Waals surface area contributed by atoms with E-state index in [0.717, 1.165) is 6.42 Å². The van der Waals surface area contributed by atoms with Gasteiger partial charge in [-0.05, 0) is 25.5 Å². The Hall–Kier alpha value is -2.30. The molecule has 1 fully saturated rings. The number of carbonyl (C=O) groups is 1. The Bertz CT molecular complexity index is 634. The van der Waals surface area contributed by atoms with Gasteiger partial charge in [0.2, 0.25) is 0 Å². The molecular weight excluding hydrogens is 256 g/mol. The SMILES string of the molecule is C/C=C1\C[C@H]2C=Nc3c(ccc(OC)c3O)C(=O)N2C1. The molecule has 0 saturated carbocycles. The van der Waals surface area contributed by atoms with Crippen molar-refractivity contribution in [2.45, 2.75) is 19.4 Å². The van der Waals surface area contributed by atoms with E-state index in [0.29, 0.717) is 23.5 Å². The molecule has 2 heterocycles. The minimum absolute atomic E-state index is 0.0357. The van der Waals surface area contributed by atoms with Crippen molar-refractivity contribution in [2.75, 3.05) is 13.7 Å². The number of aromatic hydroxyl groups is 1. The van der Waals surface area contributed by atoms with E-state index in [4.69, 9.17) is 4.74 Å². The molecule has 5 heteroatoms. The summed E-state index contributed by atoms with van der Waals surface area (Å²) in [6.45, 7) is 2.60. The first kappa shape index (κ1) is 12.7. The molecule has 1 aromatic rings. The van der Waals surface area contributed by atoms with Crippen molar-refractivity contribution in [1.29, 1.82) is 0 Å². The zero-order chi connectivity index (χ0) is 14.3. The van der Waals surface area contributed by atoms with Gasteiger partial charge in [0.05, 0.1) is 18.7 Å². The van der Waals surface area contributed by atoms with Crippen LogP contribution in [0, 0.1) is 0 Å². The maximum absolute atomic E-state index is 12.6. The van der Waals surface area contributed by atoms with Gasteiger partial charge in [0.15, 0.2) is 11.5 Å². The molecule has 104 valence electrons. The second-order valence-corrected chi connectivity index (χ2v) is 4.94. The zero-order valence-corrected chi connectivity index (χ0v) is 11.5. The van der Waals surface area contributed by atoms with Crippen molar-refractivity contribution in [3.05, 3.63) is 29.3 Å². The number of hydrogen-bond acceptors (Lipinski definition) is 4. The molecule has 0 spiro atoms. The lowest BCUT2D eigenvalue weighted by Gasteiger charge is -2.19. The van der Waals surface area contributed by atoms with Crippen molar-refractivity contribution in [1.82, 2.24) is 4.90 Å². The van der Waals surface area contributed by atoms with Gasteiger partial charge in [0.1, 0.15) is 5.69 Å². The smallest absolute Gasteiger partial charge is 0.257 e. The van der Waals surface area contributed by atoms with Gasteiger partial charge in [-0.3, -0.25) is 9.79 Å². The molecule has 0 bridgehead atoms. The number of carbonyl (C=O) groups excluding carboxylic acids is 1. The Labute approximate surface area is 117 Å². The van der Waals surface area contributed by atoms with Crippen LogP contribution in [0.3, 0.4) is 0 Å². The molecule has 1 amide bonds. The normalized spacial score (nSPS) is 22.7. The van der Waals surface area contributed by atoms with Crippen LogP contribution in [0.15, 0.2) is 28.8 Å². The molecule has 0 aliphatic carbocycles. The topological polar surface area (TPSA) is 62.1 Å². The maximum Gasteiger partial charge on any atom is 0.257 e. The van der Waals surface area contributed by atoms with Crippen molar-refractivity contribution in [3.63, 3.8) is 0 Å². The molecule has 2 aliphatic heterocycles. The van der Waals surface area contributed by atoms with Gasteiger partial charge in [-0.1, -0.05) is 11.6 Å². The van der Waals surface area contributed by atoms with Crippen molar-refractivity contribution in [3.8, 4) is 11.5 Å². The number of methoxy groups -OCH3 is 1. The lowest BCUT2D eigenvalue weighted by Crippen LogP contribution is -2.35. The Balaban J connectivity index is 2.09. The van der Waals surface area contributed by atoms with E-state index in [2.05, 4.69) is 4.99 Å². The summed E-state index contributed by atoms with van der Waals surface area (Å²) in [4.78, 5) is 18.7. The van der Waals surface area contributed by atoms with E-state index in [1.54, 1.807) is 23.2 Å². The third kappa shape index (κ3) is 1.78. The molecule has 20 heavy (non-hydrogen) atoms. The summed E-state index contributed by atoms with van der Waals surface area (Å²) < 4.78 is 5.06. The Kier molecular flexibility index (Phi) is 2.97. The number of aliphatic imine (C=N–C) groups is 1. The number of phenols is 1. The fraction of sp³-hybridized carbons (Fsp3) is 0.333. The largest absolute Gasteiger partial charge is 0.503 e. The minimum atomic E-state index is -0.0997. The molecule has 1 atom stereocenters. The first-order valence-electron chi connectivity index (χ1n) is 6.55. The molecule has 1 saturated heterocycles. The van der Waals surface area contributed by atoms with Crippen molar-refractivity contribution < 1.29 is 14.6 Å². The van der Waals surface area contributed by atoms with E-state index in [9.17, 15) is 9.90 Å². The number of rotatable bonds is 1. The van der Waals surface area contributed by atoms with E-state index >= 15 is 0 Å². The quantitative estimate of drug-likeness (QED) is 0.798. The number of nitrogens with zero attached hydrogens (tertiary/aromatic N) is 2. The summed E-state index contributed by atoms with van der Waals surface area (Å²) in [7, 11) is 1.47. The number of fused-ring (bicyclic) bond motifs is 2. The average Bonchev–Trinajstić information content (AvgIpc) is 2.83. The van der Waals surface area contributed by atoms with Crippen LogP contribution < -0.4 is 4.74 Å². The van der Waals surface area contributed by atoms with Gasteiger partial charge >= 0.3 is 0 Å². The van der Waals surface area contributed by atoms with Crippen LogP contribution in [0.25, 0.3) is 0 Å². The summed E-state index contributed by atoms with van der Waals surface area (Å²) in [5.74, 6) is 0.143. The summed E-state index contributed by atoms with van der Waals surface area (Å²) in [5.41, 5.74) is 1.95. The number of benzene rings is 1. The molecule has 5 nitrogen and oxygen atoms in total. The molecule has 2 aliphatic rings. The predicted molar refractivity (Wildman–Crippen MR) is 76.0 cm³/mol. The fourth-order valence-corrected chi connectivity index (χ4v) is 2.69. The lowest BCUT2D eigenvalue weighted by atomic mass is 10.1. The van der Waals surface area contributed by atoms with Crippen LogP contribution in [-0.4, -0.2) is 41.8 Å². The van der Waals surface area contributed by atoms with Crippen LogP contribution in [-0.2, 0) is 0 Å². The second-order valence-electron chi connectivity index (χ2n) is 4.94. The molecule has 0 aromatic heterocycles. The van der Waals surface area contributed by atoms with E-state index in [-0.39, 0.29) is 17.7 Å². The van der Waals surface area contributed by atoms with Crippen LogP contribution >= 0.6 is 0 Å². The minimum Gasteiger partial charge on any atom is -0.503 e. The summed E-state index contributed by atoms with van der Waals surface area (Å²) in [5, 5.41) is 10.1. The van der Waals surface area contributed by atoms with Crippen LogP contribution in [0.4, 0.5) is 5.69 Å². The summed E-state index contributed by atoms with van der Waals surface area (Å²) in [6, 6.07) is 3.21. The third-order valence-corrected chi connectivity index (χ3v) is 3.85. The molecule has 0 unspecified atom stereocenters. The average molecular weight is 272 g/mol. The van der Waals surface area contributed by atoms with Crippen LogP contribution in [0.2, 0.25) is 0 Å². The molecule has 0 radical (unpaired) electrons. The first-order valence-corrected chi connectivity index (χ1v) is 6.55. The maximum atomic E-state index is 12.6. The van der Waals surface area contributed by atoms with Gasteiger partial charge in [-0.15, -0.1) is 0 Å². The summed E-state index contributed by atoms with van der Waals surface area (Å²) >= 11 is 0. The highest BCUT2D eigenvalue weighted by molar-refractivity contribution is 6.04. The van der Waals surface area contributed by atoms with Gasteiger partial charge < -0.3 is 14.7 Å². The zero-order valence-electron chi connectivity index (χ0n) is 11.5. The van der Waals surface area contributed by atoms with Crippen molar-refractivity contribution >= 4 is 17.8 Å². The molecular formula is C15H16N2O3. The molecule has 1 aromatic carbocycles. The highest BCUT2D eigenvalue weighted by Crippen LogP contribution is 2.41. The predicted octanol–water partition coefficient (Wildman–Crippen LogP) is 2.28. The highest BCUT2D eigenvalue weighted by atomic mass is 16.5. The monoisotopic (exact) mass is 272 g/mol. The number of ether oxygens (including phenoxy) is 1. The second kappa shape index (κ2) is 4.67. The Morgan fingerprint density at radius 2 is 2.30 bits per heavy atom. The lowest BCUT2D eigenvalue weighted by molar-refractivity contribution is 0.0777.